The normalized spacial score (nSPS) is 11.4. The first-order valence-electron chi connectivity index (χ1n) is 3.58. The van der Waals surface area contributed by atoms with Gasteiger partial charge in [0.2, 0.25) is 0 Å². The van der Waals surface area contributed by atoms with Gasteiger partial charge in [-0.25, -0.2) is 4.39 Å². The molecule has 0 atom stereocenters. The van der Waals surface area contributed by atoms with Crippen LogP contribution in [-0.2, 0) is 9.63 Å². The minimum absolute atomic E-state index is 0.0846. The van der Waals surface area contributed by atoms with Gasteiger partial charge >= 0.3 is 0 Å². The summed E-state index contributed by atoms with van der Waals surface area (Å²) in [5, 5.41) is 3.57. The standard InChI is InChI=1S/C6H7FN4O2S/c7-1-2-13-10-4(3-12)5-9-6(8)14-11-5/h3H,1-2H2,(H2,8,9,11)/b10-4-. The number of anilines is 1. The molecule has 6 nitrogen and oxygen atoms in total. The number of carbonyl (C=O) groups is 1. The number of halogens is 1. The first kappa shape index (κ1) is 10.5. The van der Waals surface area contributed by atoms with Crippen molar-refractivity contribution in [2.75, 3.05) is 19.0 Å². The Morgan fingerprint density at radius 2 is 2.57 bits per heavy atom. The molecule has 1 aromatic rings. The van der Waals surface area contributed by atoms with Crippen LogP contribution in [0.5, 0.6) is 0 Å². The zero-order valence-corrected chi connectivity index (χ0v) is 7.83. The molecular weight excluding hydrogens is 211 g/mol. The number of nitrogens with two attached hydrogens (primary N) is 1. The third-order valence-electron chi connectivity index (χ3n) is 1.11. The van der Waals surface area contributed by atoms with Crippen molar-refractivity contribution in [3.05, 3.63) is 5.82 Å². The summed E-state index contributed by atoms with van der Waals surface area (Å²) in [6.07, 6.45) is 0.416. The lowest BCUT2D eigenvalue weighted by Crippen LogP contribution is -2.06. The molecule has 0 saturated heterocycles. The van der Waals surface area contributed by atoms with Crippen molar-refractivity contribution in [3.63, 3.8) is 0 Å². The molecule has 0 bridgehead atoms. The summed E-state index contributed by atoms with van der Waals surface area (Å²) in [6.45, 7) is -0.890. The molecule has 0 aromatic carbocycles. The van der Waals surface area contributed by atoms with E-state index < -0.39 is 6.67 Å². The van der Waals surface area contributed by atoms with Crippen LogP contribution in [0.3, 0.4) is 0 Å². The number of aromatic nitrogens is 2. The zero-order valence-electron chi connectivity index (χ0n) is 7.01. The largest absolute Gasteiger partial charge is 0.392 e. The van der Waals surface area contributed by atoms with Crippen LogP contribution >= 0.6 is 11.5 Å². The summed E-state index contributed by atoms with van der Waals surface area (Å²) in [6, 6.07) is 0. The van der Waals surface area contributed by atoms with Gasteiger partial charge in [-0.15, -0.1) is 0 Å². The molecule has 0 aliphatic rings. The molecule has 0 radical (unpaired) electrons. The average Bonchev–Trinajstić information content (AvgIpc) is 2.60. The molecule has 0 aliphatic heterocycles. The molecule has 2 N–H and O–H groups in total. The number of oxime groups is 1. The van der Waals surface area contributed by atoms with E-state index in [0.717, 1.165) is 11.5 Å². The van der Waals surface area contributed by atoms with Crippen molar-refractivity contribution in [3.8, 4) is 0 Å². The molecule has 8 heteroatoms. The van der Waals surface area contributed by atoms with E-state index in [1.54, 1.807) is 0 Å². The van der Waals surface area contributed by atoms with Crippen LogP contribution < -0.4 is 5.73 Å². The van der Waals surface area contributed by atoms with Gasteiger partial charge in [0, 0.05) is 11.5 Å². The van der Waals surface area contributed by atoms with Gasteiger partial charge in [-0.05, 0) is 0 Å². The van der Waals surface area contributed by atoms with Crippen LogP contribution in [0.2, 0.25) is 0 Å². The van der Waals surface area contributed by atoms with Gasteiger partial charge in [0.15, 0.2) is 23.0 Å². The number of nitrogen functional groups attached to an aromatic ring is 1. The fourth-order valence-corrected chi connectivity index (χ4v) is 1.05. The predicted octanol–water partition coefficient (Wildman–Crippen LogP) is 0.00940. The van der Waals surface area contributed by atoms with Crippen LogP contribution in [0.1, 0.15) is 5.82 Å². The highest BCUT2D eigenvalue weighted by atomic mass is 32.1. The summed E-state index contributed by atoms with van der Waals surface area (Å²) < 4.78 is 15.4. The van der Waals surface area contributed by atoms with Crippen LogP contribution in [-0.4, -0.2) is 34.6 Å². The van der Waals surface area contributed by atoms with Crippen molar-refractivity contribution in [1.82, 2.24) is 9.36 Å². The molecule has 76 valence electrons. The molecule has 1 rings (SSSR count). The number of hydrogen-bond donors (Lipinski definition) is 1. The number of alkyl halides is 1. The second-order valence-corrected chi connectivity index (χ2v) is 2.86. The topological polar surface area (TPSA) is 90.5 Å². The highest BCUT2D eigenvalue weighted by Gasteiger charge is 2.09. The molecule has 14 heavy (non-hydrogen) atoms. The van der Waals surface area contributed by atoms with E-state index in [0.29, 0.717) is 6.29 Å². The highest BCUT2D eigenvalue weighted by molar-refractivity contribution is 7.09. The minimum Gasteiger partial charge on any atom is -0.392 e. The Kier molecular flexibility index (Phi) is 3.92. The molecule has 0 amide bonds. The lowest BCUT2D eigenvalue weighted by Gasteiger charge is -1.94. The molecule has 0 spiro atoms. The Balaban J connectivity index is 2.71. The molecule has 1 heterocycles. The maximum atomic E-state index is 11.6. The highest BCUT2D eigenvalue weighted by Crippen LogP contribution is 2.05. The van der Waals surface area contributed by atoms with Crippen molar-refractivity contribution in [1.29, 1.82) is 0 Å². The zero-order chi connectivity index (χ0) is 10.4. The van der Waals surface area contributed by atoms with Gasteiger partial charge in [0.25, 0.3) is 0 Å². The van der Waals surface area contributed by atoms with Crippen molar-refractivity contribution >= 4 is 28.7 Å². The van der Waals surface area contributed by atoms with E-state index in [4.69, 9.17) is 5.73 Å². The molecule has 1 aromatic heterocycles. The lowest BCUT2D eigenvalue weighted by atomic mass is 10.4. The van der Waals surface area contributed by atoms with E-state index in [1.165, 1.54) is 0 Å². The number of carbonyl (C=O) groups excluding carboxylic acids is 1. The number of aldehydes is 1. The maximum absolute atomic E-state index is 11.6. The third-order valence-corrected chi connectivity index (χ3v) is 1.66. The molecule has 0 fully saturated rings. The summed E-state index contributed by atoms with van der Waals surface area (Å²) in [5.41, 5.74) is 5.19. The average molecular weight is 218 g/mol. The van der Waals surface area contributed by atoms with Gasteiger partial charge in [0.05, 0.1) is 0 Å². The molecular formula is C6H7FN4O2S. The SMILES string of the molecule is Nc1nc(/C(C=O)=N\OCCF)ns1. The number of hydrogen-bond acceptors (Lipinski definition) is 7. The second-order valence-electron chi connectivity index (χ2n) is 2.07. The fourth-order valence-electron chi connectivity index (χ4n) is 0.604. The number of rotatable bonds is 5. The van der Waals surface area contributed by atoms with Crippen molar-refractivity contribution in [2.45, 2.75) is 0 Å². The van der Waals surface area contributed by atoms with E-state index in [2.05, 4.69) is 19.4 Å². The van der Waals surface area contributed by atoms with E-state index in [1.807, 2.05) is 0 Å². The fraction of sp³-hybridized carbons (Fsp3) is 0.333. The van der Waals surface area contributed by atoms with Gasteiger partial charge < -0.3 is 10.6 Å². The van der Waals surface area contributed by atoms with Gasteiger partial charge in [0.1, 0.15) is 13.3 Å². The van der Waals surface area contributed by atoms with E-state index in [-0.39, 0.29) is 23.3 Å². The second kappa shape index (κ2) is 5.22. The van der Waals surface area contributed by atoms with Crippen molar-refractivity contribution in [2.24, 2.45) is 5.16 Å². The minimum atomic E-state index is -0.678. The van der Waals surface area contributed by atoms with E-state index in [9.17, 15) is 9.18 Å². The van der Waals surface area contributed by atoms with Crippen LogP contribution in [0, 0.1) is 0 Å². The first-order valence-corrected chi connectivity index (χ1v) is 4.36. The molecule has 0 saturated carbocycles. The Labute approximate surface area is 82.7 Å². The molecule has 0 aliphatic carbocycles. The summed E-state index contributed by atoms with van der Waals surface area (Å²) in [4.78, 5) is 18.7. The lowest BCUT2D eigenvalue weighted by molar-refractivity contribution is -0.102. The third kappa shape index (κ3) is 2.73. The van der Waals surface area contributed by atoms with Gasteiger partial charge in [-0.1, -0.05) is 5.16 Å². The smallest absolute Gasteiger partial charge is 0.200 e. The van der Waals surface area contributed by atoms with Crippen molar-refractivity contribution < 1.29 is 14.0 Å². The van der Waals surface area contributed by atoms with Gasteiger partial charge in [-0.2, -0.15) is 9.36 Å². The summed E-state index contributed by atoms with van der Waals surface area (Å²) in [7, 11) is 0. The van der Waals surface area contributed by atoms with Crippen LogP contribution in [0.15, 0.2) is 5.16 Å². The summed E-state index contributed by atoms with van der Waals surface area (Å²) >= 11 is 0.935. The molecule has 0 unspecified atom stereocenters. The Hall–Kier alpha value is -1.57. The maximum Gasteiger partial charge on any atom is 0.200 e. The monoisotopic (exact) mass is 218 g/mol. The number of nitrogens with zero attached hydrogens (tertiary/aromatic N) is 3. The summed E-state index contributed by atoms with van der Waals surface area (Å²) in [5.74, 6) is 0.0846. The first-order chi connectivity index (χ1) is 6.77. The quantitative estimate of drug-likeness (QED) is 0.325. The van der Waals surface area contributed by atoms with Crippen LogP contribution in [0.4, 0.5) is 9.52 Å². The Bertz CT molecular complexity index is 340. The Morgan fingerprint density at radius 1 is 1.79 bits per heavy atom. The van der Waals surface area contributed by atoms with E-state index >= 15 is 0 Å². The predicted molar refractivity (Wildman–Crippen MR) is 48.8 cm³/mol. The van der Waals surface area contributed by atoms with Gasteiger partial charge in [-0.3, -0.25) is 4.79 Å². The Morgan fingerprint density at radius 3 is 3.07 bits per heavy atom. The van der Waals surface area contributed by atoms with Crippen LogP contribution in [0.25, 0.3) is 0 Å².